The molecule has 2 aromatic carbocycles. The van der Waals surface area contributed by atoms with Crippen molar-refractivity contribution in [1.82, 2.24) is 14.8 Å². The van der Waals surface area contributed by atoms with E-state index in [2.05, 4.69) is 10.1 Å². The third-order valence-corrected chi connectivity index (χ3v) is 5.14. The smallest absolute Gasteiger partial charge is 0.450 e. The van der Waals surface area contributed by atoms with Gasteiger partial charge in [-0.15, -0.1) is 0 Å². The van der Waals surface area contributed by atoms with Crippen LogP contribution in [-0.2, 0) is 7.05 Å². The van der Waals surface area contributed by atoms with E-state index < -0.39 is 11.9 Å². The molecule has 0 unspecified atom stereocenters. The molecule has 7 nitrogen and oxygen atoms in total. The van der Waals surface area contributed by atoms with E-state index >= 15 is 0 Å². The molecule has 0 aliphatic rings. The lowest BCUT2D eigenvalue weighted by atomic mass is 10.1. The number of aliphatic hydroxyl groups excluding tert-OH is 1. The molecule has 4 aromatic rings. The fourth-order valence-electron chi connectivity index (χ4n) is 3.42. The highest BCUT2D eigenvalue weighted by atomic mass is 19.4. The van der Waals surface area contributed by atoms with Crippen molar-refractivity contribution in [2.24, 2.45) is 7.05 Å². The van der Waals surface area contributed by atoms with Crippen LogP contribution in [0.3, 0.4) is 0 Å². The lowest BCUT2D eigenvalue weighted by Gasteiger charge is -2.23. The molecule has 10 heteroatoms. The summed E-state index contributed by atoms with van der Waals surface area (Å²) in [6.45, 7) is 0. The van der Waals surface area contributed by atoms with Crippen molar-refractivity contribution < 1.29 is 27.8 Å². The highest BCUT2D eigenvalue weighted by Gasteiger charge is 2.35. The predicted octanol–water partition coefficient (Wildman–Crippen LogP) is 5.75. The number of hydrogen-bond acceptors (Lipinski definition) is 6. The molecule has 34 heavy (non-hydrogen) atoms. The molecule has 0 bridgehead atoms. The number of benzene rings is 2. The second-order valence-electron chi connectivity index (χ2n) is 7.46. The third kappa shape index (κ3) is 4.75. The normalized spacial score (nSPS) is 12.1. The number of rotatable bonds is 6. The van der Waals surface area contributed by atoms with E-state index in [4.69, 9.17) is 9.47 Å². The summed E-state index contributed by atoms with van der Waals surface area (Å²) in [4.78, 5) is 5.67. The van der Waals surface area contributed by atoms with Gasteiger partial charge in [-0.1, -0.05) is 0 Å². The summed E-state index contributed by atoms with van der Waals surface area (Å²) >= 11 is 0. The Hall–Kier alpha value is -4.21. The quantitative estimate of drug-likeness (QED) is 0.362. The number of alkyl halides is 3. The van der Waals surface area contributed by atoms with E-state index in [0.29, 0.717) is 40.0 Å². The van der Waals surface area contributed by atoms with Crippen LogP contribution in [0.5, 0.6) is 11.5 Å². The maximum atomic E-state index is 13.2. The van der Waals surface area contributed by atoms with Crippen molar-refractivity contribution in [3.05, 3.63) is 73.0 Å². The molecule has 0 spiro atoms. The average molecular weight is 470 g/mol. The molecule has 176 valence electrons. The van der Waals surface area contributed by atoms with Crippen LogP contribution < -0.4 is 14.4 Å². The van der Waals surface area contributed by atoms with Gasteiger partial charge < -0.3 is 19.5 Å². The number of anilines is 2. The van der Waals surface area contributed by atoms with E-state index in [1.807, 2.05) is 12.3 Å². The topological polar surface area (TPSA) is 72.6 Å². The number of aromatic nitrogens is 3. The number of hydrogen-bond donors (Lipinski definition) is 1. The summed E-state index contributed by atoms with van der Waals surface area (Å²) in [6, 6.07) is 11.6. The van der Waals surface area contributed by atoms with Crippen molar-refractivity contribution in [1.29, 1.82) is 0 Å². The fraction of sp³-hybridized carbons (Fsp3) is 0.167. The van der Waals surface area contributed by atoms with Gasteiger partial charge in [-0.3, -0.25) is 9.67 Å². The Morgan fingerprint density at radius 3 is 2.26 bits per heavy atom. The van der Waals surface area contributed by atoms with Crippen LogP contribution in [-0.4, -0.2) is 40.3 Å². The maximum absolute atomic E-state index is 13.2. The van der Waals surface area contributed by atoms with Crippen LogP contribution >= 0.6 is 0 Å². The lowest BCUT2D eigenvalue weighted by molar-refractivity contribution is -0.120. The zero-order valence-corrected chi connectivity index (χ0v) is 18.5. The standard InChI is InChI=1S/C24H21F3N4O3/c1-30-13-17(12-29-30)16-6-15-7-18(4-5-22(15)28-11-16)31(14-23(32)24(25,26)27)19-8-20(33-2)10-21(9-19)34-3/h4-14,32H,1-3H3/b23-14-. The van der Waals surface area contributed by atoms with E-state index in [1.54, 1.807) is 48.4 Å². The first-order valence-corrected chi connectivity index (χ1v) is 10.1. The van der Waals surface area contributed by atoms with Gasteiger partial charge in [-0.2, -0.15) is 18.3 Å². The Balaban J connectivity index is 1.87. The molecule has 0 saturated heterocycles. The second kappa shape index (κ2) is 8.97. The van der Waals surface area contributed by atoms with Crippen molar-refractivity contribution in [3.63, 3.8) is 0 Å². The minimum absolute atomic E-state index is 0.294. The van der Waals surface area contributed by atoms with Crippen molar-refractivity contribution in [3.8, 4) is 22.6 Å². The van der Waals surface area contributed by atoms with Gasteiger partial charge in [0.25, 0.3) is 0 Å². The van der Waals surface area contributed by atoms with Crippen LogP contribution in [0.25, 0.3) is 22.0 Å². The Morgan fingerprint density at radius 2 is 1.68 bits per heavy atom. The predicted molar refractivity (Wildman–Crippen MR) is 122 cm³/mol. The van der Waals surface area contributed by atoms with Gasteiger partial charge in [0.1, 0.15) is 11.5 Å². The van der Waals surface area contributed by atoms with Crippen LogP contribution in [0.15, 0.2) is 73.0 Å². The van der Waals surface area contributed by atoms with E-state index in [-0.39, 0.29) is 0 Å². The van der Waals surface area contributed by atoms with Crippen LogP contribution in [0.1, 0.15) is 0 Å². The molecular formula is C24H21F3N4O3. The Kier molecular flexibility index (Phi) is 6.06. The summed E-state index contributed by atoms with van der Waals surface area (Å²) < 4.78 is 51.8. The van der Waals surface area contributed by atoms with Gasteiger partial charge >= 0.3 is 6.18 Å². The third-order valence-electron chi connectivity index (χ3n) is 5.14. The molecule has 0 fully saturated rings. The van der Waals surface area contributed by atoms with Crippen LogP contribution in [0.4, 0.5) is 24.5 Å². The molecule has 0 atom stereocenters. The van der Waals surface area contributed by atoms with Gasteiger partial charge in [-0.05, 0) is 24.3 Å². The number of aliphatic hydroxyl groups is 1. The lowest BCUT2D eigenvalue weighted by Crippen LogP contribution is -2.17. The molecule has 0 saturated carbocycles. The molecule has 1 N–H and O–H groups in total. The minimum atomic E-state index is -4.92. The fourth-order valence-corrected chi connectivity index (χ4v) is 3.42. The number of aryl methyl sites for hydroxylation is 1. The zero-order chi connectivity index (χ0) is 24.5. The highest BCUT2D eigenvalue weighted by Crippen LogP contribution is 2.36. The van der Waals surface area contributed by atoms with E-state index in [0.717, 1.165) is 11.1 Å². The first kappa shape index (κ1) is 23.0. The summed E-state index contributed by atoms with van der Waals surface area (Å²) in [5.74, 6) is -1.00. The monoisotopic (exact) mass is 470 g/mol. The number of methoxy groups -OCH3 is 2. The molecular weight excluding hydrogens is 449 g/mol. The first-order chi connectivity index (χ1) is 16.2. The Morgan fingerprint density at radius 1 is 0.971 bits per heavy atom. The zero-order valence-electron chi connectivity index (χ0n) is 18.5. The molecule has 0 aliphatic heterocycles. The first-order valence-electron chi connectivity index (χ1n) is 10.1. The van der Waals surface area contributed by atoms with Crippen molar-refractivity contribution >= 4 is 22.3 Å². The Bertz CT molecular complexity index is 1340. The molecule has 4 rings (SSSR count). The van der Waals surface area contributed by atoms with Crippen LogP contribution in [0.2, 0.25) is 0 Å². The average Bonchev–Trinajstić information content (AvgIpc) is 3.26. The number of nitrogens with zero attached hydrogens (tertiary/aromatic N) is 4. The largest absolute Gasteiger partial charge is 0.503 e. The summed E-state index contributed by atoms with van der Waals surface area (Å²) in [6.07, 6.45) is 0.942. The summed E-state index contributed by atoms with van der Waals surface area (Å²) in [5, 5.41) is 14.6. The van der Waals surface area contributed by atoms with Gasteiger partial charge in [0.2, 0.25) is 5.76 Å². The Labute approximate surface area is 193 Å². The van der Waals surface area contributed by atoms with Crippen LogP contribution in [0, 0.1) is 0 Å². The highest BCUT2D eigenvalue weighted by molar-refractivity contribution is 5.88. The summed E-state index contributed by atoms with van der Waals surface area (Å²) in [5.41, 5.74) is 2.97. The number of pyridine rings is 1. The number of allylic oxidation sites excluding steroid dienone is 1. The van der Waals surface area contributed by atoms with E-state index in [9.17, 15) is 18.3 Å². The molecule has 2 aromatic heterocycles. The minimum Gasteiger partial charge on any atom is -0.503 e. The van der Waals surface area contributed by atoms with Gasteiger partial charge in [0, 0.05) is 59.8 Å². The SMILES string of the molecule is COc1cc(OC)cc(N(/C=C(\O)C(F)(F)F)c2ccc3ncc(-c4cnn(C)c4)cc3c2)c1. The van der Waals surface area contributed by atoms with Crippen molar-refractivity contribution in [2.75, 3.05) is 19.1 Å². The number of halogens is 3. The number of ether oxygens (including phenoxy) is 2. The number of fused-ring (bicyclic) bond motifs is 1. The van der Waals surface area contributed by atoms with Gasteiger partial charge in [0.05, 0.1) is 37.8 Å². The molecule has 0 amide bonds. The van der Waals surface area contributed by atoms with Gasteiger partial charge in [-0.25, -0.2) is 0 Å². The van der Waals surface area contributed by atoms with Crippen molar-refractivity contribution in [2.45, 2.75) is 6.18 Å². The van der Waals surface area contributed by atoms with E-state index in [1.165, 1.54) is 31.3 Å². The maximum Gasteiger partial charge on any atom is 0.450 e. The molecule has 0 radical (unpaired) electrons. The summed E-state index contributed by atoms with van der Waals surface area (Å²) in [7, 11) is 4.68. The second-order valence-corrected chi connectivity index (χ2v) is 7.46. The van der Waals surface area contributed by atoms with Gasteiger partial charge in [0.15, 0.2) is 0 Å². The molecule has 0 aliphatic carbocycles. The molecule has 2 heterocycles.